The molecule has 7 heteroatoms. The van der Waals surface area contributed by atoms with Crippen LogP contribution in [0.2, 0.25) is 0 Å². The number of hydrogen-bond acceptors (Lipinski definition) is 5. The zero-order chi connectivity index (χ0) is 17.4. The molecule has 1 atom stereocenters. The molecular weight excluding hydrogens is 338 g/mol. The third-order valence-electron chi connectivity index (χ3n) is 4.44. The lowest BCUT2D eigenvalue weighted by molar-refractivity contribution is 0.0729. The van der Waals surface area contributed by atoms with Crippen molar-refractivity contribution in [1.82, 2.24) is 14.9 Å². The van der Waals surface area contributed by atoms with Gasteiger partial charge in [0.2, 0.25) is 5.43 Å². The number of amides is 1. The van der Waals surface area contributed by atoms with Gasteiger partial charge in [-0.25, -0.2) is 4.98 Å². The summed E-state index contributed by atoms with van der Waals surface area (Å²) in [5.74, 6) is 0.0159. The van der Waals surface area contributed by atoms with E-state index in [1.165, 1.54) is 19.4 Å². The van der Waals surface area contributed by atoms with Gasteiger partial charge in [-0.2, -0.15) is 0 Å². The molecule has 25 heavy (non-hydrogen) atoms. The number of hydrogen-bond donors (Lipinski definition) is 1. The highest BCUT2D eigenvalue weighted by atomic mass is 32.1. The molecule has 1 fully saturated rings. The predicted octanol–water partition coefficient (Wildman–Crippen LogP) is 2.97. The van der Waals surface area contributed by atoms with E-state index in [9.17, 15) is 9.59 Å². The van der Waals surface area contributed by atoms with Gasteiger partial charge in [0.25, 0.3) is 5.91 Å². The van der Waals surface area contributed by atoms with Crippen molar-refractivity contribution in [3.8, 4) is 5.75 Å². The lowest BCUT2D eigenvalue weighted by atomic mass is 10.2. The van der Waals surface area contributed by atoms with Gasteiger partial charge in [-0.15, -0.1) is 11.3 Å². The monoisotopic (exact) mass is 355 g/mol. The molecule has 6 nitrogen and oxygen atoms in total. The molecule has 1 amide bonds. The van der Waals surface area contributed by atoms with E-state index in [4.69, 9.17) is 9.72 Å². The number of ether oxygens (including phenoxy) is 1. The van der Waals surface area contributed by atoms with Crippen molar-refractivity contribution >= 4 is 27.5 Å². The van der Waals surface area contributed by atoms with Crippen LogP contribution in [0.15, 0.2) is 41.3 Å². The Morgan fingerprint density at radius 3 is 3.00 bits per heavy atom. The summed E-state index contributed by atoms with van der Waals surface area (Å²) in [4.78, 5) is 34.2. The minimum absolute atomic E-state index is 0.0458. The number of benzene rings is 1. The summed E-state index contributed by atoms with van der Waals surface area (Å²) in [6.07, 6.45) is 3.23. The van der Waals surface area contributed by atoms with Crippen LogP contribution < -0.4 is 10.2 Å². The van der Waals surface area contributed by atoms with Crippen LogP contribution in [0.3, 0.4) is 0 Å². The first-order valence-electron chi connectivity index (χ1n) is 8.10. The number of aromatic nitrogens is 2. The Hall–Kier alpha value is -2.67. The molecule has 3 heterocycles. The average Bonchev–Trinajstić information content (AvgIpc) is 3.27. The molecule has 0 saturated carbocycles. The van der Waals surface area contributed by atoms with Gasteiger partial charge in [0, 0.05) is 18.8 Å². The number of fused-ring (bicyclic) bond motifs is 1. The van der Waals surface area contributed by atoms with Crippen molar-refractivity contribution in [3.63, 3.8) is 0 Å². The van der Waals surface area contributed by atoms with E-state index in [0.29, 0.717) is 6.54 Å². The molecular formula is C18H17N3O3S. The molecule has 3 aromatic rings. The van der Waals surface area contributed by atoms with E-state index in [0.717, 1.165) is 28.1 Å². The number of pyridine rings is 1. The van der Waals surface area contributed by atoms with Gasteiger partial charge in [0.15, 0.2) is 5.75 Å². The average molecular weight is 355 g/mol. The van der Waals surface area contributed by atoms with Crippen LogP contribution in [0.25, 0.3) is 10.2 Å². The molecule has 0 aliphatic carbocycles. The smallest absolute Gasteiger partial charge is 0.271 e. The topological polar surface area (TPSA) is 75.3 Å². The number of aromatic amines is 1. The molecule has 4 rings (SSSR count). The highest BCUT2D eigenvalue weighted by molar-refractivity contribution is 7.18. The normalized spacial score (nSPS) is 17.2. The largest absolute Gasteiger partial charge is 0.491 e. The number of carbonyl (C=O) groups is 1. The number of thiazole rings is 1. The summed E-state index contributed by atoms with van der Waals surface area (Å²) in [5, 5.41) is 0.947. The number of nitrogens with one attached hydrogen (secondary N) is 1. The zero-order valence-corrected chi connectivity index (χ0v) is 14.5. The number of rotatable bonds is 3. The van der Waals surface area contributed by atoms with E-state index in [1.54, 1.807) is 16.2 Å². The molecule has 0 bridgehead atoms. The van der Waals surface area contributed by atoms with Gasteiger partial charge in [0.05, 0.1) is 23.4 Å². The van der Waals surface area contributed by atoms with E-state index in [1.807, 2.05) is 24.3 Å². The summed E-state index contributed by atoms with van der Waals surface area (Å²) in [6, 6.07) is 9.23. The Bertz CT molecular complexity index is 961. The fraction of sp³-hybridized carbons (Fsp3) is 0.278. The van der Waals surface area contributed by atoms with Gasteiger partial charge in [-0.1, -0.05) is 12.1 Å². The number of carbonyl (C=O) groups excluding carboxylic acids is 1. The number of para-hydroxylation sites is 1. The van der Waals surface area contributed by atoms with Crippen LogP contribution in [0.1, 0.15) is 34.4 Å². The summed E-state index contributed by atoms with van der Waals surface area (Å²) in [6.45, 7) is 0.660. The van der Waals surface area contributed by atoms with E-state index in [-0.39, 0.29) is 28.8 Å². The minimum atomic E-state index is -0.305. The Balaban J connectivity index is 1.65. The molecule has 1 saturated heterocycles. The molecule has 0 radical (unpaired) electrons. The minimum Gasteiger partial charge on any atom is -0.491 e. The lowest BCUT2D eigenvalue weighted by Crippen LogP contribution is -2.31. The quantitative estimate of drug-likeness (QED) is 0.784. The molecule has 1 aliphatic rings. The molecule has 1 aromatic carbocycles. The van der Waals surface area contributed by atoms with Gasteiger partial charge in [-0.3, -0.25) is 9.59 Å². The van der Waals surface area contributed by atoms with Gasteiger partial charge >= 0.3 is 0 Å². The molecule has 1 unspecified atom stereocenters. The molecule has 1 N–H and O–H groups in total. The molecule has 1 aliphatic heterocycles. The van der Waals surface area contributed by atoms with Crippen molar-refractivity contribution < 1.29 is 9.53 Å². The Labute approximate surface area is 148 Å². The van der Waals surface area contributed by atoms with Crippen LogP contribution in [0.5, 0.6) is 5.75 Å². The van der Waals surface area contributed by atoms with E-state index >= 15 is 0 Å². The first kappa shape index (κ1) is 15.8. The van der Waals surface area contributed by atoms with Crippen molar-refractivity contribution in [1.29, 1.82) is 0 Å². The zero-order valence-electron chi connectivity index (χ0n) is 13.7. The summed E-state index contributed by atoms with van der Waals surface area (Å²) in [5.41, 5.74) is 0.929. The number of methoxy groups -OCH3 is 1. The van der Waals surface area contributed by atoms with Crippen LogP contribution in [0, 0.1) is 0 Å². The van der Waals surface area contributed by atoms with Crippen molar-refractivity contribution in [2.75, 3.05) is 13.7 Å². The van der Waals surface area contributed by atoms with Crippen LogP contribution in [0.4, 0.5) is 0 Å². The van der Waals surface area contributed by atoms with Crippen LogP contribution in [-0.4, -0.2) is 34.4 Å². The van der Waals surface area contributed by atoms with Crippen molar-refractivity contribution in [2.45, 2.75) is 18.9 Å². The second-order valence-electron chi connectivity index (χ2n) is 5.96. The SMILES string of the molecule is COc1c[nH]c(C(=O)N2CCCC2c2nc3ccccc3s2)cc1=O. The van der Waals surface area contributed by atoms with Crippen molar-refractivity contribution in [2.24, 2.45) is 0 Å². The second-order valence-corrected chi connectivity index (χ2v) is 7.02. The Morgan fingerprint density at radius 2 is 2.24 bits per heavy atom. The first-order chi connectivity index (χ1) is 12.2. The molecule has 0 spiro atoms. The lowest BCUT2D eigenvalue weighted by Gasteiger charge is -2.23. The Kier molecular flexibility index (Phi) is 4.01. The maximum Gasteiger partial charge on any atom is 0.271 e. The number of H-pyrrole nitrogens is 1. The third-order valence-corrected chi connectivity index (χ3v) is 5.57. The summed E-state index contributed by atoms with van der Waals surface area (Å²) >= 11 is 1.62. The number of nitrogens with zero attached hydrogens (tertiary/aromatic N) is 2. The van der Waals surface area contributed by atoms with Crippen LogP contribution in [-0.2, 0) is 0 Å². The van der Waals surface area contributed by atoms with Gasteiger partial charge in [-0.05, 0) is 25.0 Å². The summed E-state index contributed by atoms with van der Waals surface area (Å²) < 4.78 is 6.07. The van der Waals surface area contributed by atoms with Gasteiger partial charge < -0.3 is 14.6 Å². The highest BCUT2D eigenvalue weighted by Gasteiger charge is 2.33. The predicted molar refractivity (Wildman–Crippen MR) is 96.2 cm³/mol. The van der Waals surface area contributed by atoms with Crippen molar-refractivity contribution in [3.05, 3.63) is 57.5 Å². The molecule has 128 valence electrons. The second kappa shape index (κ2) is 6.33. The van der Waals surface area contributed by atoms with Crippen LogP contribution >= 0.6 is 11.3 Å². The van der Waals surface area contributed by atoms with Gasteiger partial charge in [0.1, 0.15) is 10.7 Å². The maximum atomic E-state index is 12.9. The third kappa shape index (κ3) is 2.80. The fourth-order valence-electron chi connectivity index (χ4n) is 3.20. The fourth-order valence-corrected chi connectivity index (χ4v) is 4.31. The standard InChI is InChI=1S/C18H17N3O3S/c1-24-15-10-19-12(9-14(15)22)18(23)21-8-4-6-13(21)17-20-11-5-2-3-7-16(11)25-17/h2-3,5,7,9-10,13H,4,6,8H2,1H3,(H,19,22). The Morgan fingerprint density at radius 1 is 1.40 bits per heavy atom. The summed E-state index contributed by atoms with van der Waals surface area (Å²) in [7, 11) is 1.43. The number of likely N-dealkylation sites (tertiary alicyclic amines) is 1. The van der Waals surface area contributed by atoms with E-state index < -0.39 is 0 Å². The molecule has 2 aromatic heterocycles. The first-order valence-corrected chi connectivity index (χ1v) is 8.92. The highest BCUT2D eigenvalue weighted by Crippen LogP contribution is 2.37. The van der Waals surface area contributed by atoms with E-state index in [2.05, 4.69) is 4.98 Å². The maximum absolute atomic E-state index is 12.9.